The van der Waals surface area contributed by atoms with E-state index in [9.17, 15) is 0 Å². The number of morpholine rings is 1. The fourth-order valence-electron chi connectivity index (χ4n) is 3.87. The summed E-state index contributed by atoms with van der Waals surface area (Å²) in [4.78, 5) is 5.12. The van der Waals surface area contributed by atoms with E-state index in [1.165, 1.54) is 24.9 Å². The van der Waals surface area contributed by atoms with Gasteiger partial charge in [-0.3, -0.25) is 4.90 Å². The number of benzene rings is 1. The standard InChI is InChI=1S/C17H27N3O/c1-2-17(20-11-13-21-14-12-20)7-9-19(10-8-17)16-6-4-3-5-15(16)18/h3-6H,2,7-14,18H2,1H3. The normalized spacial score (nSPS) is 23.2. The Labute approximate surface area is 127 Å². The molecule has 0 bridgehead atoms. The highest BCUT2D eigenvalue weighted by Crippen LogP contribution is 2.35. The van der Waals surface area contributed by atoms with Crippen molar-refractivity contribution in [3.8, 4) is 0 Å². The third-order valence-electron chi connectivity index (χ3n) is 5.31. The van der Waals surface area contributed by atoms with Crippen molar-refractivity contribution in [3.63, 3.8) is 0 Å². The van der Waals surface area contributed by atoms with E-state index in [2.05, 4.69) is 28.9 Å². The molecule has 2 heterocycles. The van der Waals surface area contributed by atoms with Crippen molar-refractivity contribution in [2.45, 2.75) is 31.7 Å². The topological polar surface area (TPSA) is 41.7 Å². The summed E-state index contributed by atoms with van der Waals surface area (Å²) in [5, 5.41) is 0. The molecule has 1 aromatic carbocycles. The first-order valence-electron chi connectivity index (χ1n) is 8.17. The van der Waals surface area contributed by atoms with Crippen LogP contribution >= 0.6 is 0 Å². The van der Waals surface area contributed by atoms with E-state index in [0.717, 1.165) is 45.1 Å². The molecule has 2 aliphatic heterocycles. The Morgan fingerprint density at radius 3 is 2.38 bits per heavy atom. The Hall–Kier alpha value is -1.26. The Morgan fingerprint density at radius 2 is 1.76 bits per heavy atom. The van der Waals surface area contributed by atoms with Gasteiger partial charge in [0, 0.05) is 31.7 Å². The maximum absolute atomic E-state index is 6.13. The zero-order valence-corrected chi connectivity index (χ0v) is 13.1. The maximum atomic E-state index is 6.13. The summed E-state index contributed by atoms with van der Waals surface area (Å²) in [6, 6.07) is 8.23. The monoisotopic (exact) mass is 289 g/mol. The predicted octanol–water partition coefficient (Wildman–Crippen LogP) is 2.35. The van der Waals surface area contributed by atoms with Gasteiger partial charge in [-0.2, -0.15) is 0 Å². The number of anilines is 2. The molecule has 0 saturated carbocycles. The van der Waals surface area contributed by atoms with Crippen molar-refractivity contribution < 1.29 is 4.74 Å². The van der Waals surface area contributed by atoms with Gasteiger partial charge in [-0.05, 0) is 31.4 Å². The van der Waals surface area contributed by atoms with Crippen LogP contribution in [0, 0.1) is 0 Å². The molecule has 4 nitrogen and oxygen atoms in total. The van der Waals surface area contributed by atoms with Crippen LogP contribution in [0.1, 0.15) is 26.2 Å². The van der Waals surface area contributed by atoms with Gasteiger partial charge < -0.3 is 15.4 Å². The second-order valence-electron chi connectivity index (χ2n) is 6.22. The fraction of sp³-hybridized carbons (Fsp3) is 0.647. The van der Waals surface area contributed by atoms with Crippen LogP contribution in [-0.2, 0) is 4.74 Å². The van der Waals surface area contributed by atoms with Crippen molar-refractivity contribution in [1.82, 2.24) is 4.90 Å². The molecule has 21 heavy (non-hydrogen) atoms. The quantitative estimate of drug-likeness (QED) is 0.867. The van der Waals surface area contributed by atoms with E-state index in [-0.39, 0.29) is 0 Å². The first-order valence-corrected chi connectivity index (χ1v) is 8.17. The van der Waals surface area contributed by atoms with Crippen LogP contribution in [0.2, 0.25) is 0 Å². The van der Waals surface area contributed by atoms with Gasteiger partial charge in [0.1, 0.15) is 0 Å². The molecule has 0 aromatic heterocycles. The lowest BCUT2D eigenvalue weighted by Gasteiger charge is -2.50. The average molecular weight is 289 g/mol. The highest BCUT2D eigenvalue weighted by molar-refractivity contribution is 5.67. The molecule has 116 valence electrons. The van der Waals surface area contributed by atoms with Crippen LogP contribution in [0.25, 0.3) is 0 Å². The summed E-state index contributed by atoms with van der Waals surface area (Å²) in [6.07, 6.45) is 3.67. The average Bonchev–Trinajstić information content (AvgIpc) is 2.56. The summed E-state index contributed by atoms with van der Waals surface area (Å²) in [7, 11) is 0. The second-order valence-corrected chi connectivity index (χ2v) is 6.22. The van der Waals surface area contributed by atoms with Crippen molar-refractivity contribution >= 4 is 11.4 Å². The maximum Gasteiger partial charge on any atom is 0.0599 e. The Morgan fingerprint density at radius 1 is 1.10 bits per heavy atom. The molecular formula is C17H27N3O. The highest BCUT2D eigenvalue weighted by Gasteiger charge is 2.39. The molecule has 0 amide bonds. The molecule has 0 atom stereocenters. The molecule has 3 rings (SSSR count). The first-order chi connectivity index (χ1) is 10.2. The Kier molecular flexibility index (Phi) is 4.36. The predicted molar refractivity (Wildman–Crippen MR) is 87.7 cm³/mol. The first kappa shape index (κ1) is 14.7. The number of nitrogens with zero attached hydrogens (tertiary/aromatic N) is 2. The SMILES string of the molecule is CCC1(N2CCOCC2)CCN(c2ccccc2N)CC1. The number of nitrogen functional groups attached to an aromatic ring is 1. The van der Waals surface area contributed by atoms with Crippen molar-refractivity contribution in [3.05, 3.63) is 24.3 Å². The summed E-state index contributed by atoms with van der Waals surface area (Å²) in [5.41, 5.74) is 8.59. The van der Waals surface area contributed by atoms with Crippen LogP contribution < -0.4 is 10.6 Å². The van der Waals surface area contributed by atoms with Gasteiger partial charge in [0.05, 0.1) is 24.6 Å². The van der Waals surface area contributed by atoms with Gasteiger partial charge >= 0.3 is 0 Å². The van der Waals surface area contributed by atoms with Gasteiger partial charge in [-0.25, -0.2) is 0 Å². The molecule has 2 saturated heterocycles. The van der Waals surface area contributed by atoms with E-state index in [1.54, 1.807) is 0 Å². The number of nitrogens with two attached hydrogens (primary N) is 1. The van der Waals surface area contributed by atoms with E-state index < -0.39 is 0 Å². The molecule has 0 unspecified atom stereocenters. The molecule has 4 heteroatoms. The molecule has 2 N–H and O–H groups in total. The lowest BCUT2D eigenvalue weighted by atomic mass is 9.82. The summed E-state index contributed by atoms with van der Waals surface area (Å²) in [5.74, 6) is 0. The second kappa shape index (κ2) is 6.24. The van der Waals surface area contributed by atoms with E-state index in [4.69, 9.17) is 10.5 Å². The van der Waals surface area contributed by atoms with Gasteiger partial charge in [0.15, 0.2) is 0 Å². The van der Waals surface area contributed by atoms with Crippen LogP contribution in [0.4, 0.5) is 11.4 Å². The molecule has 0 radical (unpaired) electrons. The smallest absolute Gasteiger partial charge is 0.0599 e. The van der Waals surface area contributed by atoms with Crippen molar-refractivity contribution in [1.29, 1.82) is 0 Å². The minimum atomic E-state index is 0.365. The Balaban J connectivity index is 1.69. The number of rotatable bonds is 3. The minimum Gasteiger partial charge on any atom is -0.397 e. The van der Waals surface area contributed by atoms with Gasteiger partial charge in [-0.1, -0.05) is 19.1 Å². The molecule has 0 aliphatic carbocycles. The van der Waals surface area contributed by atoms with Crippen LogP contribution in [0.3, 0.4) is 0 Å². The Bertz CT molecular complexity index is 463. The zero-order valence-electron chi connectivity index (χ0n) is 13.1. The van der Waals surface area contributed by atoms with E-state index >= 15 is 0 Å². The zero-order chi connectivity index (χ0) is 14.7. The van der Waals surface area contributed by atoms with Crippen LogP contribution in [-0.4, -0.2) is 49.8 Å². The third kappa shape index (κ3) is 2.87. The fourth-order valence-corrected chi connectivity index (χ4v) is 3.87. The summed E-state index contributed by atoms with van der Waals surface area (Å²) < 4.78 is 5.52. The summed E-state index contributed by atoms with van der Waals surface area (Å²) in [6.45, 7) is 8.47. The number of hydrogen-bond donors (Lipinski definition) is 1. The molecule has 2 aliphatic rings. The van der Waals surface area contributed by atoms with Gasteiger partial charge in [-0.15, -0.1) is 0 Å². The number of piperidine rings is 1. The summed E-state index contributed by atoms with van der Waals surface area (Å²) >= 11 is 0. The van der Waals surface area contributed by atoms with E-state index in [1.807, 2.05) is 12.1 Å². The largest absolute Gasteiger partial charge is 0.397 e. The molecular weight excluding hydrogens is 262 g/mol. The highest BCUT2D eigenvalue weighted by atomic mass is 16.5. The van der Waals surface area contributed by atoms with Crippen molar-refractivity contribution in [2.75, 3.05) is 50.0 Å². The number of para-hydroxylation sites is 2. The third-order valence-corrected chi connectivity index (χ3v) is 5.31. The molecule has 0 spiro atoms. The van der Waals surface area contributed by atoms with Crippen molar-refractivity contribution in [2.24, 2.45) is 0 Å². The lowest BCUT2D eigenvalue weighted by molar-refractivity contribution is -0.0340. The van der Waals surface area contributed by atoms with Crippen LogP contribution in [0.15, 0.2) is 24.3 Å². The van der Waals surface area contributed by atoms with Gasteiger partial charge in [0.2, 0.25) is 0 Å². The lowest BCUT2D eigenvalue weighted by Crippen LogP contribution is -2.58. The number of hydrogen-bond acceptors (Lipinski definition) is 4. The van der Waals surface area contributed by atoms with Crippen LogP contribution in [0.5, 0.6) is 0 Å². The molecule has 2 fully saturated rings. The van der Waals surface area contributed by atoms with E-state index in [0.29, 0.717) is 5.54 Å². The molecule has 1 aromatic rings. The number of ether oxygens (including phenoxy) is 1. The minimum absolute atomic E-state index is 0.365. The van der Waals surface area contributed by atoms with Gasteiger partial charge in [0.25, 0.3) is 0 Å².